The van der Waals surface area contributed by atoms with Gasteiger partial charge >= 0.3 is 11.9 Å². The summed E-state index contributed by atoms with van der Waals surface area (Å²) < 4.78 is 9.91. The summed E-state index contributed by atoms with van der Waals surface area (Å²) in [6.07, 6.45) is 1.43. The molecule has 0 aromatic carbocycles. The van der Waals surface area contributed by atoms with Gasteiger partial charge in [0.25, 0.3) is 5.56 Å². The standard InChI is InChI=1S/C19H25N3O5S/c1-5-27-19(25)14-10(2)13-16(23)20-15(21-17(13)28-14)11(3)22-8-6-12(7-9-22)18(24)26-4/h11-12H,5-9H2,1-4H3,(H,20,21,23)/t11-/m1/s1. The van der Waals surface area contributed by atoms with E-state index < -0.39 is 5.97 Å². The van der Waals surface area contributed by atoms with Gasteiger partial charge in [-0.1, -0.05) is 0 Å². The van der Waals surface area contributed by atoms with Gasteiger partial charge in [0.05, 0.1) is 31.1 Å². The van der Waals surface area contributed by atoms with Gasteiger partial charge in [0.1, 0.15) is 15.5 Å². The summed E-state index contributed by atoms with van der Waals surface area (Å²) in [5, 5.41) is 0.438. The predicted octanol–water partition coefficient (Wildman–Crippen LogP) is 2.42. The van der Waals surface area contributed by atoms with E-state index in [2.05, 4.69) is 14.9 Å². The van der Waals surface area contributed by atoms with E-state index in [9.17, 15) is 14.4 Å². The lowest BCUT2D eigenvalue weighted by Gasteiger charge is -2.34. The summed E-state index contributed by atoms with van der Waals surface area (Å²) in [6, 6.07) is -0.107. The fraction of sp³-hybridized carbons (Fsp3) is 0.579. The smallest absolute Gasteiger partial charge is 0.348 e. The highest BCUT2D eigenvalue weighted by Crippen LogP contribution is 2.30. The Kier molecular flexibility index (Phi) is 6.14. The van der Waals surface area contributed by atoms with Gasteiger partial charge in [-0.25, -0.2) is 9.78 Å². The van der Waals surface area contributed by atoms with Crippen molar-refractivity contribution in [3.8, 4) is 0 Å². The number of hydrogen-bond acceptors (Lipinski definition) is 8. The van der Waals surface area contributed by atoms with Crippen LogP contribution < -0.4 is 5.56 Å². The molecule has 8 nitrogen and oxygen atoms in total. The van der Waals surface area contributed by atoms with Gasteiger partial charge in [0.2, 0.25) is 0 Å². The molecule has 1 aliphatic rings. The molecule has 1 fully saturated rings. The molecule has 1 aliphatic heterocycles. The molecule has 28 heavy (non-hydrogen) atoms. The number of carbonyl (C=O) groups excluding carboxylic acids is 2. The highest BCUT2D eigenvalue weighted by Gasteiger charge is 2.29. The molecular formula is C19H25N3O5S. The molecular weight excluding hydrogens is 382 g/mol. The van der Waals surface area contributed by atoms with Crippen LogP contribution in [0.4, 0.5) is 0 Å². The van der Waals surface area contributed by atoms with Crippen LogP contribution in [-0.4, -0.2) is 53.6 Å². The molecule has 1 atom stereocenters. The van der Waals surface area contributed by atoms with Gasteiger partial charge in [-0.15, -0.1) is 11.3 Å². The number of ether oxygens (including phenoxy) is 2. The van der Waals surface area contributed by atoms with Crippen molar-refractivity contribution >= 4 is 33.5 Å². The normalized spacial score (nSPS) is 16.9. The molecule has 3 heterocycles. The number of likely N-dealkylation sites (tertiary alicyclic amines) is 1. The number of nitrogens with zero attached hydrogens (tertiary/aromatic N) is 2. The average Bonchev–Trinajstić information content (AvgIpc) is 3.04. The van der Waals surface area contributed by atoms with Gasteiger partial charge in [-0.05, 0) is 52.3 Å². The summed E-state index contributed by atoms with van der Waals surface area (Å²) in [7, 11) is 1.41. The number of aromatic amines is 1. The van der Waals surface area contributed by atoms with Crippen LogP contribution in [0.1, 0.15) is 53.8 Å². The van der Waals surface area contributed by atoms with E-state index >= 15 is 0 Å². The second-order valence-electron chi connectivity index (χ2n) is 6.92. The number of methoxy groups -OCH3 is 1. The van der Waals surface area contributed by atoms with Crippen molar-refractivity contribution in [3.05, 3.63) is 26.6 Å². The molecule has 1 saturated heterocycles. The minimum absolute atomic E-state index is 0.0741. The van der Waals surface area contributed by atoms with E-state index in [1.165, 1.54) is 18.4 Å². The second kappa shape index (κ2) is 8.40. The number of thiophene rings is 1. The molecule has 0 radical (unpaired) electrons. The Labute approximate surface area is 166 Å². The maximum absolute atomic E-state index is 12.7. The zero-order valence-corrected chi connectivity index (χ0v) is 17.4. The van der Waals surface area contributed by atoms with E-state index in [-0.39, 0.29) is 30.1 Å². The molecule has 9 heteroatoms. The van der Waals surface area contributed by atoms with E-state index in [0.717, 1.165) is 13.1 Å². The van der Waals surface area contributed by atoms with Crippen LogP contribution in [0.15, 0.2) is 4.79 Å². The highest BCUT2D eigenvalue weighted by molar-refractivity contribution is 7.20. The number of piperidine rings is 1. The Hall–Kier alpha value is -2.26. The van der Waals surface area contributed by atoms with Gasteiger partial charge in [-0.3, -0.25) is 14.5 Å². The fourth-order valence-electron chi connectivity index (χ4n) is 3.61. The van der Waals surface area contributed by atoms with Crippen molar-refractivity contribution in [3.63, 3.8) is 0 Å². The fourth-order valence-corrected chi connectivity index (χ4v) is 4.69. The van der Waals surface area contributed by atoms with Crippen LogP contribution in [-0.2, 0) is 14.3 Å². The summed E-state index contributed by atoms with van der Waals surface area (Å²) in [5.74, 6) is -0.108. The summed E-state index contributed by atoms with van der Waals surface area (Å²) in [6.45, 7) is 7.19. The number of esters is 2. The van der Waals surface area contributed by atoms with E-state index in [1.54, 1.807) is 13.8 Å². The van der Waals surface area contributed by atoms with Crippen molar-refractivity contribution in [2.45, 2.75) is 39.7 Å². The molecule has 3 rings (SSSR count). The zero-order chi connectivity index (χ0) is 20.4. The minimum Gasteiger partial charge on any atom is -0.469 e. The average molecular weight is 407 g/mol. The van der Waals surface area contributed by atoms with E-state index in [0.29, 0.717) is 39.3 Å². The van der Waals surface area contributed by atoms with Crippen LogP contribution in [0.25, 0.3) is 10.2 Å². The molecule has 0 unspecified atom stereocenters. The minimum atomic E-state index is -0.429. The molecule has 0 amide bonds. The first-order valence-corrected chi connectivity index (χ1v) is 10.2. The molecule has 0 spiro atoms. The third kappa shape index (κ3) is 3.81. The Morgan fingerprint density at radius 1 is 1.36 bits per heavy atom. The summed E-state index contributed by atoms with van der Waals surface area (Å²) in [4.78, 5) is 47.1. The number of nitrogens with one attached hydrogen (secondary N) is 1. The third-order valence-electron chi connectivity index (χ3n) is 5.29. The molecule has 1 N–H and O–H groups in total. The Morgan fingerprint density at radius 2 is 2.04 bits per heavy atom. The topological polar surface area (TPSA) is 102 Å². The number of aryl methyl sites for hydroxylation is 1. The quantitative estimate of drug-likeness (QED) is 0.760. The summed E-state index contributed by atoms with van der Waals surface area (Å²) >= 11 is 1.19. The van der Waals surface area contributed by atoms with Crippen LogP contribution in [0.3, 0.4) is 0 Å². The van der Waals surface area contributed by atoms with E-state index in [1.807, 2.05) is 6.92 Å². The monoisotopic (exact) mass is 407 g/mol. The van der Waals surface area contributed by atoms with Crippen molar-refractivity contribution in [1.29, 1.82) is 0 Å². The zero-order valence-electron chi connectivity index (χ0n) is 16.5. The van der Waals surface area contributed by atoms with Crippen LogP contribution in [0, 0.1) is 12.8 Å². The Bertz CT molecular complexity index is 943. The first-order valence-electron chi connectivity index (χ1n) is 9.39. The van der Waals surface area contributed by atoms with Crippen LogP contribution in [0.5, 0.6) is 0 Å². The van der Waals surface area contributed by atoms with Crippen molar-refractivity contribution < 1.29 is 19.1 Å². The molecule has 2 aromatic rings. The molecule has 0 bridgehead atoms. The number of hydrogen-bond donors (Lipinski definition) is 1. The lowest BCUT2D eigenvalue weighted by molar-refractivity contribution is -0.147. The highest BCUT2D eigenvalue weighted by atomic mass is 32.1. The van der Waals surface area contributed by atoms with Crippen LogP contribution in [0.2, 0.25) is 0 Å². The van der Waals surface area contributed by atoms with E-state index in [4.69, 9.17) is 9.47 Å². The lowest BCUT2D eigenvalue weighted by Crippen LogP contribution is -2.39. The molecule has 0 aliphatic carbocycles. The first-order chi connectivity index (χ1) is 13.4. The van der Waals surface area contributed by atoms with Gasteiger partial charge in [-0.2, -0.15) is 0 Å². The number of fused-ring (bicyclic) bond motifs is 1. The number of rotatable bonds is 5. The summed E-state index contributed by atoms with van der Waals surface area (Å²) in [5.41, 5.74) is 0.353. The predicted molar refractivity (Wildman–Crippen MR) is 106 cm³/mol. The maximum atomic E-state index is 12.7. The van der Waals surface area contributed by atoms with Gasteiger partial charge in [0, 0.05) is 0 Å². The largest absolute Gasteiger partial charge is 0.469 e. The number of carbonyl (C=O) groups is 2. The molecule has 152 valence electrons. The molecule has 2 aromatic heterocycles. The van der Waals surface area contributed by atoms with Gasteiger partial charge < -0.3 is 14.5 Å². The lowest BCUT2D eigenvalue weighted by atomic mass is 9.96. The second-order valence-corrected chi connectivity index (χ2v) is 7.92. The first kappa shape index (κ1) is 20.5. The Morgan fingerprint density at radius 3 is 2.64 bits per heavy atom. The van der Waals surface area contributed by atoms with Crippen molar-refractivity contribution in [1.82, 2.24) is 14.9 Å². The molecule has 0 saturated carbocycles. The van der Waals surface area contributed by atoms with Crippen molar-refractivity contribution in [2.24, 2.45) is 5.92 Å². The van der Waals surface area contributed by atoms with Crippen molar-refractivity contribution in [2.75, 3.05) is 26.8 Å². The number of H-pyrrole nitrogens is 1. The maximum Gasteiger partial charge on any atom is 0.348 e. The SMILES string of the molecule is CCOC(=O)c1sc2nc([C@@H](C)N3CCC(C(=O)OC)CC3)[nH]c(=O)c2c1C. The van der Waals surface area contributed by atoms with Crippen LogP contribution >= 0.6 is 11.3 Å². The third-order valence-corrected chi connectivity index (χ3v) is 6.45. The van der Waals surface area contributed by atoms with Gasteiger partial charge in [0.15, 0.2) is 0 Å². The number of aromatic nitrogens is 2. The Balaban J connectivity index is 1.85.